The monoisotopic (exact) mass is 478 g/mol. The van der Waals surface area contributed by atoms with Crippen molar-refractivity contribution >= 4 is 51.2 Å². The van der Waals surface area contributed by atoms with E-state index in [-0.39, 0.29) is 0 Å². The number of para-hydroxylation sites is 4. The van der Waals surface area contributed by atoms with Crippen LogP contribution in [0, 0.1) is 0 Å². The highest BCUT2D eigenvalue weighted by Crippen LogP contribution is 2.49. The first-order valence-electron chi connectivity index (χ1n) is 12.1. The van der Waals surface area contributed by atoms with Gasteiger partial charge in [-0.1, -0.05) is 61.7 Å². The van der Waals surface area contributed by atoms with Crippen molar-refractivity contribution in [2.45, 2.75) is 0 Å². The summed E-state index contributed by atoms with van der Waals surface area (Å²) in [6, 6.07) is 30.8. The van der Waals surface area contributed by atoms with Crippen LogP contribution >= 0.6 is 0 Å². The summed E-state index contributed by atoms with van der Waals surface area (Å²) in [6.07, 6.45) is 5.56. The molecule has 5 heteroatoms. The number of rotatable bonds is 4. The Hall–Kier alpha value is -5.16. The van der Waals surface area contributed by atoms with Gasteiger partial charge in [0.2, 0.25) is 0 Å². The van der Waals surface area contributed by atoms with E-state index >= 15 is 0 Å². The molecule has 3 heterocycles. The lowest BCUT2D eigenvalue weighted by atomic mass is 10.1. The molecule has 1 aliphatic heterocycles. The molecular weight excluding hydrogens is 456 g/mol. The molecule has 0 radical (unpaired) electrons. The van der Waals surface area contributed by atoms with Crippen LogP contribution in [0.15, 0.2) is 110 Å². The lowest BCUT2D eigenvalue weighted by molar-refractivity contribution is 0.476. The molecule has 0 bridgehead atoms. The van der Waals surface area contributed by atoms with Crippen molar-refractivity contribution in [1.29, 1.82) is 0 Å². The van der Waals surface area contributed by atoms with E-state index in [4.69, 9.17) is 4.74 Å². The first kappa shape index (κ1) is 21.1. The minimum absolute atomic E-state index is 0.709. The van der Waals surface area contributed by atoms with Crippen molar-refractivity contribution in [3.05, 3.63) is 121 Å². The van der Waals surface area contributed by atoms with Gasteiger partial charge in [0, 0.05) is 16.8 Å². The zero-order chi connectivity index (χ0) is 24.9. The number of hydrogen-bond donors (Lipinski definition) is 0. The van der Waals surface area contributed by atoms with Gasteiger partial charge in [-0.3, -0.25) is 4.90 Å². The summed E-state index contributed by atoms with van der Waals surface area (Å²) in [5.74, 6) is 2.26. The summed E-state index contributed by atoms with van der Waals surface area (Å²) in [5.41, 5.74) is 7.08. The van der Waals surface area contributed by atoms with Crippen LogP contribution in [0.3, 0.4) is 0 Å². The van der Waals surface area contributed by atoms with Gasteiger partial charge in [-0.25, -0.2) is 0 Å². The molecule has 0 atom stereocenters. The summed E-state index contributed by atoms with van der Waals surface area (Å²) in [4.78, 5) is 2.10. The second kappa shape index (κ2) is 8.21. The van der Waals surface area contributed by atoms with E-state index in [9.17, 15) is 0 Å². The lowest BCUT2D eigenvalue weighted by Crippen LogP contribution is -2.17. The van der Waals surface area contributed by atoms with Gasteiger partial charge in [-0.15, -0.1) is 5.10 Å². The Kier molecular flexibility index (Phi) is 4.69. The molecule has 0 N–H and O–H groups in total. The molecule has 37 heavy (non-hydrogen) atoms. The van der Waals surface area contributed by atoms with E-state index in [0.717, 1.165) is 61.5 Å². The smallest absolute Gasteiger partial charge is 0.162 e. The molecule has 1 aliphatic rings. The summed E-state index contributed by atoms with van der Waals surface area (Å²) < 4.78 is 8.42. The van der Waals surface area contributed by atoms with Crippen LogP contribution in [-0.4, -0.2) is 14.8 Å². The van der Waals surface area contributed by atoms with Gasteiger partial charge >= 0.3 is 0 Å². The van der Waals surface area contributed by atoms with E-state index < -0.39 is 0 Å². The van der Waals surface area contributed by atoms with Gasteiger partial charge in [0.1, 0.15) is 0 Å². The molecule has 0 saturated heterocycles. The third kappa shape index (κ3) is 3.25. The predicted octanol–water partition coefficient (Wildman–Crippen LogP) is 8.44. The number of hydrogen-bond acceptors (Lipinski definition) is 4. The normalized spacial score (nSPS) is 12.2. The highest BCUT2D eigenvalue weighted by Gasteiger charge is 2.27. The van der Waals surface area contributed by atoms with E-state index in [1.54, 1.807) is 0 Å². The van der Waals surface area contributed by atoms with Gasteiger partial charge < -0.3 is 9.30 Å². The molecule has 7 rings (SSSR count). The predicted molar refractivity (Wildman–Crippen MR) is 151 cm³/mol. The number of aromatic nitrogens is 3. The average molecular weight is 479 g/mol. The second-order valence-electron chi connectivity index (χ2n) is 8.94. The van der Waals surface area contributed by atoms with Crippen LogP contribution in [-0.2, 0) is 0 Å². The third-order valence-electron chi connectivity index (χ3n) is 6.83. The topological polar surface area (TPSA) is 43.2 Å². The zero-order valence-corrected chi connectivity index (χ0v) is 20.0. The van der Waals surface area contributed by atoms with Gasteiger partial charge in [0.25, 0.3) is 0 Å². The number of fused-ring (bicyclic) bond motifs is 5. The van der Waals surface area contributed by atoms with Crippen LogP contribution in [0.25, 0.3) is 39.6 Å². The summed E-state index contributed by atoms with van der Waals surface area (Å²) >= 11 is 0. The number of benzene rings is 4. The summed E-state index contributed by atoms with van der Waals surface area (Å²) in [6.45, 7) is 7.92. The molecule has 0 saturated carbocycles. The lowest BCUT2D eigenvalue weighted by Gasteiger charge is -2.31. The molecule has 4 aromatic carbocycles. The minimum atomic E-state index is 0.709. The first-order chi connectivity index (χ1) is 18.2. The Morgan fingerprint density at radius 3 is 1.81 bits per heavy atom. The molecule has 2 aromatic heterocycles. The molecule has 5 nitrogen and oxygen atoms in total. The zero-order valence-electron chi connectivity index (χ0n) is 20.0. The number of nitrogens with zero attached hydrogens (tertiary/aromatic N) is 4. The van der Waals surface area contributed by atoms with Crippen molar-refractivity contribution in [3.63, 3.8) is 0 Å². The van der Waals surface area contributed by atoms with Crippen LogP contribution in [0.1, 0.15) is 11.1 Å². The van der Waals surface area contributed by atoms with Crippen molar-refractivity contribution in [2.75, 3.05) is 4.90 Å². The minimum Gasteiger partial charge on any atom is -0.453 e. The van der Waals surface area contributed by atoms with Gasteiger partial charge in [-0.05, 0) is 59.7 Å². The maximum atomic E-state index is 6.18. The molecule has 6 aromatic rings. The van der Waals surface area contributed by atoms with Crippen LogP contribution < -0.4 is 9.64 Å². The highest BCUT2D eigenvalue weighted by molar-refractivity contribution is 6.10. The second-order valence-corrected chi connectivity index (χ2v) is 8.94. The van der Waals surface area contributed by atoms with Crippen LogP contribution in [0.2, 0.25) is 0 Å². The molecule has 0 fully saturated rings. The van der Waals surface area contributed by atoms with Gasteiger partial charge in [0.15, 0.2) is 17.3 Å². The standard InChI is InChI=1S/C32H22N4O/c1-3-21-13-15-26-24(17-21)25-18-22(4-2)14-16-27(25)35(26)23-19-32(34-33-20-23)36-28-9-5-7-11-30(28)37-31-12-8-6-10-29(31)36/h3-20H,1-2H2. The van der Waals surface area contributed by atoms with Crippen molar-refractivity contribution < 1.29 is 4.74 Å². The molecular formula is C32H22N4O. The highest BCUT2D eigenvalue weighted by atomic mass is 16.5. The quantitative estimate of drug-likeness (QED) is 0.255. The Balaban J connectivity index is 1.48. The molecule has 0 spiro atoms. The summed E-state index contributed by atoms with van der Waals surface area (Å²) in [5, 5.41) is 11.3. The summed E-state index contributed by atoms with van der Waals surface area (Å²) in [7, 11) is 0. The van der Waals surface area contributed by atoms with Crippen LogP contribution in [0.5, 0.6) is 11.5 Å². The van der Waals surface area contributed by atoms with E-state index in [1.165, 1.54) is 0 Å². The Morgan fingerprint density at radius 1 is 0.676 bits per heavy atom. The first-order valence-corrected chi connectivity index (χ1v) is 12.1. The van der Waals surface area contributed by atoms with Crippen molar-refractivity contribution in [1.82, 2.24) is 14.8 Å². The van der Waals surface area contributed by atoms with E-state index in [2.05, 4.69) is 75.3 Å². The third-order valence-corrected chi connectivity index (χ3v) is 6.83. The maximum absolute atomic E-state index is 6.18. The van der Waals surface area contributed by atoms with Gasteiger partial charge in [0.05, 0.1) is 34.3 Å². The molecule has 0 amide bonds. The SMILES string of the molecule is C=Cc1ccc2c(c1)c1cc(C=C)ccc1n2-c1cnnc(N2c3ccccc3Oc3ccccc32)c1. The van der Waals surface area contributed by atoms with E-state index in [1.807, 2.05) is 66.9 Å². The fourth-order valence-electron chi connectivity index (χ4n) is 5.12. The fraction of sp³-hybridized carbons (Fsp3) is 0. The molecule has 176 valence electrons. The molecule has 0 aliphatic carbocycles. The number of anilines is 3. The Morgan fingerprint density at radius 2 is 1.24 bits per heavy atom. The van der Waals surface area contributed by atoms with Crippen molar-refractivity contribution in [2.24, 2.45) is 0 Å². The molecule has 0 unspecified atom stereocenters. The largest absolute Gasteiger partial charge is 0.453 e. The number of ether oxygens (including phenoxy) is 1. The Labute approximate surface area is 214 Å². The van der Waals surface area contributed by atoms with Crippen molar-refractivity contribution in [3.8, 4) is 17.2 Å². The fourth-order valence-corrected chi connectivity index (χ4v) is 5.12. The van der Waals surface area contributed by atoms with E-state index in [0.29, 0.717) is 5.82 Å². The Bertz CT molecular complexity index is 1760. The van der Waals surface area contributed by atoms with Crippen LogP contribution in [0.4, 0.5) is 17.2 Å². The maximum Gasteiger partial charge on any atom is 0.162 e. The average Bonchev–Trinajstić information content (AvgIpc) is 3.28. The van der Waals surface area contributed by atoms with Gasteiger partial charge in [-0.2, -0.15) is 5.10 Å².